The van der Waals surface area contributed by atoms with Gasteiger partial charge in [-0.3, -0.25) is 4.79 Å². The van der Waals surface area contributed by atoms with Gasteiger partial charge in [-0.2, -0.15) is 0 Å². The number of phenolic OH excluding ortho intramolecular Hbond substituents is 1. The Morgan fingerprint density at radius 2 is 2.18 bits per heavy atom. The van der Waals surface area contributed by atoms with Gasteiger partial charge in [-0.25, -0.2) is 0 Å². The Morgan fingerprint density at radius 3 is 2.82 bits per heavy atom. The van der Waals surface area contributed by atoms with Gasteiger partial charge in [0, 0.05) is 12.3 Å². The Hall–Kier alpha value is -1.55. The topological polar surface area (TPSA) is 58.6 Å². The predicted molar refractivity (Wildman–Crippen MR) is 67.2 cm³/mol. The van der Waals surface area contributed by atoms with Crippen LogP contribution in [0.3, 0.4) is 0 Å². The molecular formula is C13H19NO3. The number of carbonyl (C=O) groups is 1. The van der Waals surface area contributed by atoms with E-state index in [9.17, 15) is 9.90 Å². The van der Waals surface area contributed by atoms with Crippen LogP contribution in [0, 0.1) is 6.92 Å². The third-order valence-corrected chi connectivity index (χ3v) is 2.30. The molecule has 0 fully saturated rings. The third-order valence-electron chi connectivity index (χ3n) is 2.30. The fourth-order valence-electron chi connectivity index (χ4n) is 1.37. The molecule has 0 radical (unpaired) electrons. The minimum atomic E-state index is -0.0776. The van der Waals surface area contributed by atoms with E-state index in [1.165, 1.54) is 0 Å². The molecule has 94 valence electrons. The molecule has 0 bridgehead atoms. The lowest BCUT2D eigenvalue weighted by Crippen LogP contribution is -2.14. The van der Waals surface area contributed by atoms with Crippen LogP contribution < -0.4 is 5.32 Å². The molecule has 0 aliphatic rings. The molecule has 1 aromatic rings. The summed E-state index contributed by atoms with van der Waals surface area (Å²) < 4.78 is 5.23. The molecule has 0 heterocycles. The molecule has 1 aromatic carbocycles. The lowest BCUT2D eigenvalue weighted by molar-refractivity contribution is -0.117. The van der Waals surface area contributed by atoms with Gasteiger partial charge in [0.25, 0.3) is 0 Å². The van der Waals surface area contributed by atoms with Crippen LogP contribution in [0.25, 0.3) is 0 Å². The van der Waals surface area contributed by atoms with Crippen LogP contribution in [0.15, 0.2) is 18.2 Å². The van der Waals surface area contributed by atoms with Crippen molar-refractivity contribution in [1.29, 1.82) is 0 Å². The van der Waals surface area contributed by atoms with Gasteiger partial charge in [-0.05, 0) is 37.1 Å². The second kappa shape index (κ2) is 6.91. The minimum Gasteiger partial charge on any atom is -0.508 e. The number of benzene rings is 1. The first-order valence-electron chi connectivity index (χ1n) is 5.80. The Morgan fingerprint density at radius 1 is 1.41 bits per heavy atom. The molecule has 1 rings (SSSR count). The minimum absolute atomic E-state index is 0.0776. The molecule has 0 saturated carbocycles. The van der Waals surface area contributed by atoms with Crippen molar-refractivity contribution in [1.82, 2.24) is 0 Å². The van der Waals surface area contributed by atoms with Crippen LogP contribution in [0.5, 0.6) is 5.75 Å². The first-order chi connectivity index (χ1) is 8.13. The normalized spacial score (nSPS) is 10.2. The molecule has 17 heavy (non-hydrogen) atoms. The number of aryl methyl sites for hydroxylation is 1. The maximum atomic E-state index is 11.5. The monoisotopic (exact) mass is 237 g/mol. The van der Waals surface area contributed by atoms with E-state index in [4.69, 9.17) is 4.74 Å². The largest absolute Gasteiger partial charge is 0.508 e. The summed E-state index contributed by atoms with van der Waals surface area (Å²) in [4.78, 5) is 11.5. The smallest absolute Gasteiger partial charge is 0.226 e. The first-order valence-corrected chi connectivity index (χ1v) is 5.80. The molecule has 4 heteroatoms. The van der Waals surface area contributed by atoms with Crippen molar-refractivity contribution >= 4 is 11.6 Å². The zero-order valence-electron chi connectivity index (χ0n) is 10.3. The molecule has 0 unspecified atom stereocenters. The summed E-state index contributed by atoms with van der Waals surface area (Å²) in [6.45, 7) is 4.94. The molecule has 0 spiro atoms. The number of hydrogen-bond acceptors (Lipinski definition) is 3. The van der Waals surface area contributed by atoms with E-state index < -0.39 is 0 Å². The second-order valence-electron chi connectivity index (χ2n) is 3.91. The summed E-state index contributed by atoms with van der Waals surface area (Å²) in [6, 6.07) is 4.98. The van der Waals surface area contributed by atoms with E-state index >= 15 is 0 Å². The summed E-state index contributed by atoms with van der Waals surface area (Å²) in [6.07, 6.45) is 1.30. The summed E-state index contributed by atoms with van der Waals surface area (Å²) in [7, 11) is 0. The molecule has 0 aromatic heterocycles. The molecule has 0 saturated heterocycles. The van der Waals surface area contributed by atoms with Crippen LogP contribution >= 0.6 is 0 Å². The lowest BCUT2D eigenvalue weighted by atomic mass is 10.2. The number of ether oxygens (including phenoxy) is 1. The van der Waals surface area contributed by atoms with Crippen LogP contribution in [0.2, 0.25) is 0 Å². The number of nitrogens with one attached hydrogen (secondary N) is 1. The van der Waals surface area contributed by atoms with Crippen LogP contribution in [-0.2, 0) is 9.53 Å². The number of amides is 1. The van der Waals surface area contributed by atoms with Crippen molar-refractivity contribution in [2.45, 2.75) is 26.7 Å². The molecule has 2 N–H and O–H groups in total. The van der Waals surface area contributed by atoms with Gasteiger partial charge in [-0.15, -0.1) is 0 Å². The van der Waals surface area contributed by atoms with Crippen molar-refractivity contribution in [3.8, 4) is 5.75 Å². The maximum absolute atomic E-state index is 11.5. The highest BCUT2D eigenvalue weighted by atomic mass is 16.5. The SMILES string of the molecule is CCCOCCC(=O)Nc1ccc(O)c(C)c1. The quantitative estimate of drug-likeness (QED) is 0.590. The van der Waals surface area contributed by atoms with Gasteiger partial charge < -0.3 is 15.2 Å². The van der Waals surface area contributed by atoms with E-state index in [1.54, 1.807) is 25.1 Å². The van der Waals surface area contributed by atoms with E-state index in [0.29, 0.717) is 25.3 Å². The zero-order valence-corrected chi connectivity index (χ0v) is 10.3. The average Bonchev–Trinajstić information content (AvgIpc) is 2.30. The van der Waals surface area contributed by atoms with E-state index in [2.05, 4.69) is 5.32 Å². The summed E-state index contributed by atoms with van der Waals surface area (Å²) in [5, 5.41) is 12.1. The first kappa shape index (κ1) is 13.5. The van der Waals surface area contributed by atoms with Crippen molar-refractivity contribution in [3.05, 3.63) is 23.8 Å². The third kappa shape index (κ3) is 4.87. The Bertz CT molecular complexity index is 377. The summed E-state index contributed by atoms with van der Waals surface area (Å²) in [5.74, 6) is 0.153. The Labute approximate surface area is 102 Å². The number of rotatable bonds is 6. The Kier molecular flexibility index (Phi) is 5.49. The maximum Gasteiger partial charge on any atom is 0.226 e. The number of aromatic hydroxyl groups is 1. The van der Waals surface area contributed by atoms with Crippen molar-refractivity contribution in [2.24, 2.45) is 0 Å². The highest BCUT2D eigenvalue weighted by molar-refractivity contribution is 5.90. The number of hydrogen-bond donors (Lipinski definition) is 2. The molecule has 4 nitrogen and oxygen atoms in total. The van der Waals surface area contributed by atoms with Crippen molar-refractivity contribution in [2.75, 3.05) is 18.5 Å². The average molecular weight is 237 g/mol. The van der Waals surface area contributed by atoms with E-state index in [-0.39, 0.29) is 11.7 Å². The summed E-state index contributed by atoms with van der Waals surface area (Å²) >= 11 is 0. The highest BCUT2D eigenvalue weighted by Crippen LogP contribution is 2.20. The molecular weight excluding hydrogens is 218 g/mol. The standard InChI is InChI=1S/C13H19NO3/c1-3-7-17-8-6-13(16)14-11-4-5-12(15)10(2)9-11/h4-5,9,15H,3,6-8H2,1-2H3,(H,14,16). The van der Waals surface area contributed by atoms with Crippen molar-refractivity contribution in [3.63, 3.8) is 0 Å². The van der Waals surface area contributed by atoms with Gasteiger partial charge in [0.2, 0.25) is 5.91 Å². The lowest BCUT2D eigenvalue weighted by Gasteiger charge is -2.07. The number of phenols is 1. The fraction of sp³-hybridized carbons (Fsp3) is 0.462. The van der Waals surface area contributed by atoms with E-state index in [0.717, 1.165) is 12.0 Å². The van der Waals surface area contributed by atoms with Crippen molar-refractivity contribution < 1.29 is 14.6 Å². The zero-order chi connectivity index (χ0) is 12.7. The van der Waals surface area contributed by atoms with Gasteiger partial charge in [0.15, 0.2) is 0 Å². The number of carbonyl (C=O) groups excluding carboxylic acids is 1. The number of anilines is 1. The summed E-state index contributed by atoms with van der Waals surface area (Å²) in [5.41, 5.74) is 1.44. The van der Waals surface area contributed by atoms with Gasteiger partial charge in [0.05, 0.1) is 13.0 Å². The van der Waals surface area contributed by atoms with Crippen LogP contribution in [0.4, 0.5) is 5.69 Å². The molecule has 0 aliphatic carbocycles. The van der Waals surface area contributed by atoms with Crippen LogP contribution in [-0.4, -0.2) is 24.2 Å². The second-order valence-corrected chi connectivity index (χ2v) is 3.91. The van der Waals surface area contributed by atoms with E-state index in [1.807, 2.05) is 6.92 Å². The predicted octanol–water partition coefficient (Wildman–Crippen LogP) is 2.46. The molecule has 1 amide bonds. The Balaban J connectivity index is 2.37. The highest BCUT2D eigenvalue weighted by Gasteiger charge is 2.03. The van der Waals surface area contributed by atoms with Gasteiger partial charge in [0.1, 0.15) is 5.75 Å². The van der Waals surface area contributed by atoms with Gasteiger partial charge >= 0.3 is 0 Å². The fourth-order valence-corrected chi connectivity index (χ4v) is 1.37. The molecule has 0 aliphatic heterocycles. The molecule has 0 atom stereocenters. The van der Waals surface area contributed by atoms with Gasteiger partial charge in [-0.1, -0.05) is 6.92 Å². The van der Waals surface area contributed by atoms with Crippen LogP contribution in [0.1, 0.15) is 25.3 Å².